The molecule has 1 saturated carbocycles. The maximum Gasteiger partial charge on any atom is 0.153 e. The van der Waals surface area contributed by atoms with E-state index in [-0.39, 0.29) is 0 Å². The Labute approximate surface area is 116 Å². The van der Waals surface area contributed by atoms with Crippen molar-refractivity contribution in [1.82, 2.24) is 4.98 Å². The van der Waals surface area contributed by atoms with Gasteiger partial charge in [0.2, 0.25) is 0 Å². The molecule has 2 rings (SSSR count). The van der Waals surface area contributed by atoms with Gasteiger partial charge in [-0.2, -0.15) is 0 Å². The minimum Gasteiger partial charge on any atom is -0.353 e. The molecule has 0 amide bonds. The van der Waals surface area contributed by atoms with Gasteiger partial charge in [-0.15, -0.1) is 0 Å². The summed E-state index contributed by atoms with van der Waals surface area (Å²) in [5.74, 6) is 1.55. The van der Waals surface area contributed by atoms with Gasteiger partial charge in [0.25, 0.3) is 0 Å². The molecule has 1 aromatic heterocycles. The summed E-state index contributed by atoms with van der Waals surface area (Å²) in [7, 11) is 0. The van der Waals surface area contributed by atoms with Gasteiger partial charge in [0, 0.05) is 18.8 Å². The van der Waals surface area contributed by atoms with E-state index in [1.807, 2.05) is 12.1 Å². The number of aldehydes is 1. The van der Waals surface area contributed by atoms with E-state index in [2.05, 4.69) is 23.7 Å². The van der Waals surface area contributed by atoms with Gasteiger partial charge in [-0.05, 0) is 37.3 Å². The minimum atomic E-state index is 0.562. The molecule has 0 aromatic carbocycles. The molecule has 19 heavy (non-hydrogen) atoms. The molecule has 0 saturated heterocycles. The Morgan fingerprint density at radius 1 is 1.42 bits per heavy atom. The smallest absolute Gasteiger partial charge is 0.153 e. The van der Waals surface area contributed by atoms with E-state index in [4.69, 9.17) is 0 Å². The largest absolute Gasteiger partial charge is 0.353 e. The fraction of sp³-hybridized carbons (Fsp3) is 0.625. The first-order valence-electron chi connectivity index (χ1n) is 7.39. The summed E-state index contributed by atoms with van der Waals surface area (Å²) < 4.78 is 0. The molecule has 1 fully saturated rings. The van der Waals surface area contributed by atoms with Crippen LogP contribution in [0.1, 0.15) is 56.3 Å². The van der Waals surface area contributed by atoms with Crippen molar-refractivity contribution in [1.29, 1.82) is 0 Å². The van der Waals surface area contributed by atoms with Gasteiger partial charge in [0.1, 0.15) is 5.82 Å². The lowest BCUT2D eigenvalue weighted by atomic mass is 10.1. The molecule has 0 atom stereocenters. The average molecular weight is 260 g/mol. The monoisotopic (exact) mass is 260 g/mol. The summed E-state index contributed by atoms with van der Waals surface area (Å²) in [6, 6.07) is 4.27. The molecule has 1 aliphatic rings. The average Bonchev–Trinajstić information content (AvgIpc) is 2.93. The molecule has 104 valence electrons. The summed E-state index contributed by atoms with van der Waals surface area (Å²) in [6.07, 6.45) is 8.92. The quantitative estimate of drug-likeness (QED) is 0.731. The van der Waals surface area contributed by atoms with E-state index < -0.39 is 0 Å². The van der Waals surface area contributed by atoms with E-state index in [1.165, 1.54) is 25.7 Å². The van der Waals surface area contributed by atoms with Gasteiger partial charge in [0.15, 0.2) is 6.29 Å². The van der Waals surface area contributed by atoms with Gasteiger partial charge < -0.3 is 4.90 Å². The van der Waals surface area contributed by atoms with Crippen molar-refractivity contribution in [3.8, 4) is 0 Å². The molecule has 3 nitrogen and oxygen atoms in total. The SMILES string of the molecule is CC(C)CCN(c1ncccc1C=O)C1CCCC1. The standard InChI is InChI=1S/C16H24N2O/c1-13(2)9-11-18(15-7-3-4-8-15)16-14(12-19)6-5-10-17-16/h5-6,10,12-13,15H,3-4,7-9,11H2,1-2H3. The predicted octanol–water partition coefficient (Wildman–Crippen LogP) is 3.69. The van der Waals surface area contributed by atoms with Gasteiger partial charge in [-0.3, -0.25) is 4.79 Å². The Hall–Kier alpha value is -1.38. The van der Waals surface area contributed by atoms with Crippen LogP contribution in [0.5, 0.6) is 0 Å². The Balaban J connectivity index is 2.22. The van der Waals surface area contributed by atoms with Crippen molar-refractivity contribution in [2.24, 2.45) is 5.92 Å². The molecule has 1 heterocycles. The van der Waals surface area contributed by atoms with E-state index in [1.54, 1.807) is 6.20 Å². The maximum absolute atomic E-state index is 11.2. The number of carbonyl (C=O) groups is 1. The van der Waals surface area contributed by atoms with Crippen LogP contribution in [0.25, 0.3) is 0 Å². The first-order chi connectivity index (χ1) is 9.22. The third-order valence-corrected chi connectivity index (χ3v) is 3.93. The van der Waals surface area contributed by atoms with Gasteiger partial charge in [-0.25, -0.2) is 4.98 Å². The molecular weight excluding hydrogens is 236 g/mol. The second kappa shape index (κ2) is 6.69. The lowest BCUT2D eigenvalue weighted by Crippen LogP contribution is -2.36. The zero-order valence-corrected chi connectivity index (χ0v) is 12.0. The van der Waals surface area contributed by atoms with Crippen LogP contribution in [0.3, 0.4) is 0 Å². The first kappa shape index (κ1) is 14.0. The second-order valence-electron chi connectivity index (χ2n) is 5.85. The highest BCUT2D eigenvalue weighted by Gasteiger charge is 2.25. The van der Waals surface area contributed by atoms with Crippen LogP contribution in [0.15, 0.2) is 18.3 Å². The zero-order valence-electron chi connectivity index (χ0n) is 12.0. The highest BCUT2D eigenvalue weighted by molar-refractivity contribution is 5.82. The number of rotatable bonds is 6. The van der Waals surface area contributed by atoms with Crippen LogP contribution in [0, 0.1) is 5.92 Å². The van der Waals surface area contributed by atoms with E-state index in [0.717, 1.165) is 30.6 Å². The normalized spacial score (nSPS) is 15.9. The number of nitrogens with zero attached hydrogens (tertiary/aromatic N) is 2. The van der Waals surface area contributed by atoms with E-state index in [9.17, 15) is 4.79 Å². The van der Waals surface area contributed by atoms with Gasteiger partial charge >= 0.3 is 0 Å². The highest BCUT2D eigenvalue weighted by Crippen LogP contribution is 2.29. The number of anilines is 1. The highest BCUT2D eigenvalue weighted by atomic mass is 16.1. The lowest BCUT2D eigenvalue weighted by Gasteiger charge is -2.31. The number of aromatic nitrogens is 1. The second-order valence-corrected chi connectivity index (χ2v) is 5.85. The summed E-state index contributed by atoms with van der Waals surface area (Å²) >= 11 is 0. The van der Waals surface area contributed by atoms with Crippen molar-refractivity contribution < 1.29 is 4.79 Å². The summed E-state index contributed by atoms with van der Waals surface area (Å²) in [6.45, 7) is 5.48. The van der Waals surface area contributed by atoms with Gasteiger partial charge in [0.05, 0.1) is 5.56 Å². The molecule has 0 N–H and O–H groups in total. The maximum atomic E-state index is 11.2. The zero-order chi connectivity index (χ0) is 13.7. The summed E-state index contributed by atoms with van der Waals surface area (Å²) in [4.78, 5) is 18.1. The summed E-state index contributed by atoms with van der Waals surface area (Å²) in [5, 5.41) is 0. The fourth-order valence-electron chi connectivity index (χ4n) is 2.82. The molecule has 0 radical (unpaired) electrons. The fourth-order valence-corrected chi connectivity index (χ4v) is 2.82. The summed E-state index contributed by atoms with van der Waals surface area (Å²) in [5.41, 5.74) is 0.721. The Bertz CT molecular complexity index is 411. The van der Waals surface area contributed by atoms with Crippen LogP contribution in [0.2, 0.25) is 0 Å². The molecule has 3 heteroatoms. The van der Waals surface area contributed by atoms with Crippen LogP contribution < -0.4 is 4.90 Å². The van der Waals surface area contributed by atoms with Crippen molar-refractivity contribution in [2.75, 3.05) is 11.4 Å². The van der Waals surface area contributed by atoms with Crippen LogP contribution in [-0.2, 0) is 0 Å². The molecule has 1 aromatic rings. The lowest BCUT2D eigenvalue weighted by molar-refractivity contribution is 0.112. The van der Waals surface area contributed by atoms with Crippen molar-refractivity contribution in [2.45, 2.75) is 52.0 Å². The molecular formula is C16H24N2O. The third-order valence-electron chi connectivity index (χ3n) is 3.93. The van der Waals surface area contributed by atoms with Crippen molar-refractivity contribution >= 4 is 12.1 Å². The topological polar surface area (TPSA) is 33.2 Å². The number of hydrogen-bond donors (Lipinski definition) is 0. The van der Waals surface area contributed by atoms with Crippen molar-refractivity contribution in [3.63, 3.8) is 0 Å². The Morgan fingerprint density at radius 2 is 2.16 bits per heavy atom. The predicted molar refractivity (Wildman–Crippen MR) is 78.7 cm³/mol. The van der Waals surface area contributed by atoms with Crippen molar-refractivity contribution in [3.05, 3.63) is 23.9 Å². The van der Waals surface area contributed by atoms with E-state index in [0.29, 0.717) is 12.0 Å². The number of pyridine rings is 1. The van der Waals surface area contributed by atoms with Crippen LogP contribution >= 0.6 is 0 Å². The first-order valence-corrected chi connectivity index (χ1v) is 7.39. The molecule has 0 spiro atoms. The van der Waals surface area contributed by atoms with Crippen LogP contribution in [-0.4, -0.2) is 23.9 Å². The molecule has 0 aliphatic heterocycles. The van der Waals surface area contributed by atoms with Crippen LogP contribution in [0.4, 0.5) is 5.82 Å². The number of carbonyl (C=O) groups excluding carboxylic acids is 1. The number of hydrogen-bond acceptors (Lipinski definition) is 3. The Kier molecular flexibility index (Phi) is 4.94. The molecule has 1 aliphatic carbocycles. The Morgan fingerprint density at radius 3 is 2.79 bits per heavy atom. The van der Waals surface area contributed by atoms with Gasteiger partial charge in [-0.1, -0.05) is 26.7 Å². The molecule has 0 bridgehead atoms. The van der Waals surface area contributed by atoms with E-state index >= 15 is 0 Å². The third kappa shape index (κ3) is 3.55. The molecule has 0 unspecified atom stereocenters. The minimum absolute atomic E-state index is 0.562.